The first-order chi connectivity index (χ1) is 28.9. The summed E-state index contributed by atoms with van der Waals surface area (Å²) in [7, 11) is 1.56. The van der Waals surface area contributed by atoms with Crippen molar-refractivity contribution in [3.05, 3.63) is 112 Å². The number of anilines is 1. The lowest BCUT2D eigenvalue weighted by molar-refractivity contribution is -0.118. The number of imidazole rings is 1. The molecule has 4 atom stereocenters. The number of rotatable bonds is 19. The van der Waals surface area contributed by atoms with Gasteiger partial charge in [-0.3, -0.25) is 24.5 Å². The summed E-state index contributed by atoms with van der Waals surface area (Å²) in [4.78, 5) is 37.4. The smallest absolute Gasteiger partial charge is 0.280 e. The number of amides is 1. The van der Waals surface area contributed by atoms with E-state index in [1.165, 1.54) is 6.33 Å². The molecule has 0 aliphatic carbocycles. The van der Waals surface area contributed by atoms with E-state index in [0.29, 0.717) is 17.9 Å². The van der Waals surface area contributed by atoms with E-state index >= 15 is 0 Å². The van der Waals surface area contributed by atoms with E-state index in [9.17, 15) is 14.9 Å². The first kappa shape index (κ1) is 44.4. The van der Waals surface area contributed by atoms with Gasteiger partial charge in [0, 0.05) is 24.4 Å². The molecule has 0 radical (unpaired) electrons. The van der Waals surface area contributed by atoms with Crippen molar-refractivity contribution in [3.63, 3.8) is 0 Å². The molecule has 3 heterocycles. The van der Waals surface area contributed by atoms with Crippen LogP contribution in [0.5, 0.6) is 11.5 Å². The summed E-state index contributed by atoms with van der Waals surface area (Å²) in [5.74, 6) is 0.758. The van der Waals surface area contributed by atoms with Crippen molar-refractivity contribution in [3.8, 4) is 17.6 Å². The summed E-state index contributed by atoms with van der Waals surface area (Å²) in [6, 6.07) is 27.8. The minimum atomic E-state index is -1.70. The molecule has 0 saturated carbocycles. The van der Waals surface area contributed by atoms with Gasteiger partial charge in [0.05, 0.1) is 52.4 Å². The Hall–Kier alpha value is -5.20. The van der Waals surface area contributed by atoms with Crippen LogP contribution in [0, 0.1) is 17.2 Å². The van der Waals surface area contributed by atoms with Gasteiger partial charge in [-0.2, -0.15) is 10.2 Å². The third-order valence-corrected chi connectivity index (χ3v) is 12.4. The van der Waals surface area contributed by atoms with E-state index in [4.69, 9.17) is 28.0 Å². The number of nitrogens with one attached hydrogen (secondary N) is 2. The molecule has 15 nitrogen and oxygen atoms in total. The van der Waals surface area contributed by atoms with Crippen LogP contribution in [-0.2, 0) is 28.9 Å². The predicted octanol–water partition coefficient (Wildman–Crippen LogP) is 7.69. The first-order valence-electron chi connectivity index (χ1n) is 20.1. The molecule has 60 heavy (non-hydrogen) atoms. The maximum Gasteiger partial charge on any atom is 0.280 e. The van der Waals surface area contributed by atoms with Crippen LogP contribution in [0.4, 0.5) is 5.95 Å². The van der Waals surface area contributed by atoms with E-state index < -0.39 is 38.1 Å². The number of methoxy groups -OCH3 is 2. The molecule has 6 rings (SSSR count). The van der Waals surface area contributed by atoms with Gasteiger partial charge in [0.2, 0.25) is 11.9 Å². The number of ether oxygens (including phenoxy) is 4. The number of fused-ring (bicyclic) bond motifs is 1. The fraction of sp³-hybridized carbons (Fsp3) is 0.432. The lowest BCUT2D eigenvalue weighted by Gasteiger charge is -2.39. The molecule has 5 aromatic rings. The zero-order valence-corrected chi connectivity index (χ0v) is 36.2. The Kier molecular flexibility index (Phi) is 14.7. The number of H-pyrrole nitrogens is 1. The zero-order chi connectivity index (χ0) is 43.0. The second kappa shape index (κ2) is 19.9. The Bertz CT molecular complexity index is 2220. The average molecular weight is 840 g/mol. The summed E-state index contributed by atoms with van der Waals surface area (Å²) in [5, 5.41) is 12.1. The Morgan fingerprint density at radius 1 is 0.967 bits per heavy atom. The number of hydrogen-bond donors (Lipinski definition) is 2. The predicted molar refractivity (Wildman–Crippen MR) is 228 cm³/mol. The molecule has 1 saturated heterocycles. The van der Waals surface area contributed by atoms with Crippen LogP contribution in [0.1, 0.15) is 77.3 Å². The fourth-order valence-electron chi connectivity index (χ4n) is 7.28. The third kappa shape index (κ3) is 9.71. The Morgan fingerprint density at radius 3 is 2.12 bits per heavy atom. The van der Waals surface area contributed by atoms with Crippen LogP contribution < -0.4 is 20.3 Å². The summed E-state index contributed by atoms with van der Waals surface area (Å²) >= 11 is 0. The van der Waals surface area contributed by atoms with Gasteiger partial charge in [0.15, 0.2) is 11.2 Å². The SMILES string of the molecule is COc1ccc(C(OC[C@H]2O[C@@H](n3cnc4c(=O)[nH]c(NC(=O)C(C)C)nc43)C[C@@H]2OP(OCCC#N)N(C(C)C)C(C)C)(c2ccccc2)c2ccc(OC)cc2)cc1. The van der Waals surface area contributed by atoms with Crippen LogP contribution in [-0.4, -0.2) is 81.8 Å². The van der Waals surface area contributed by atoms with E-state index in [2.05, 4.69) is 58.7 Å². The summed E-state index contributed by atoms with van der Waals surface area (Å²) in [5.41, 5.74) is 1.24. The normalized spacial score (nSPS) is 17.4. The third-order valence-electron chi connectivity index (χ3n) is 10.2. The van der Waals surface area contributed by atoms with Crippen LogP contribution in [0.15, 0.2) is 90.0 Å². The van der Waals surface area contributed by atoms with Crippen LogP contribution in [0.3, 0.4) is 0 Å². The molecular weight excluding hydrogens is 785 g/mol. The molecule has 2 aromatic heterocycles. The van der Waals surface area contributed by atoms with Crippen LogP contribution >= 0.6 is 8.53 Å². The lowest BCUT2D eigenvalue weighted by atomic mass is 9.80. The number of hydrogen-bond acceptors (Lipinski definition) is 12. The first-order valence-corrected chi connectivity index (χ1v) is 21.2. The zero-order valence-electron chi connectivity index (χ0n) is 35.3. The monoisotopic (exact) mass is 839 g/mol. The van der Waals surface area contributed by atoms with Crippen molar-refractivity contribution in [1.82, 2.24) is 24.2 Å². The second-order valence-corrected chi connectivity index (χ2v) is 16.7. The number of nitrogens with zero attached hydrogens (tertiary/aromatic N) is 5. The van der Waals surface area contributed by atoms with Gasteiger partial charge in [-0.15, -0.1) is 0 Å². The van der Waals surface area contributed by atoms with E-state index in [1.807, 2.05) is 78.9 Å². The van der Waals surface area contributed by atoms with Gasteiger partial charge in [0.1, 0.15) is 29.4 Å². The molecular formula is C44H54N7O8P. The van der Waals surface area contributed by atoms with Crippen molar-refractivity contribution in [2.75, 3.05) is 32.8 Å². The molecule has 1 aliphatic rings. The highest BCUT2D eigenvalue weighted by molar-refractivity contribution is 7.44. The summed E-state index contributed by atoms with van der Waals surface area (Å²) < 4.78 is 42.5. The Morgan fingerprint density at radius 2 is 1.57 bits per heavy atom. The molecule has 1 aliphatic heterocycles. The Labute approximate surface area is 351 Å². The van der Waals surface area contributed by atoms with Gasteiger partial charge in [-0.1, -0.05) is 68.4 Å². The molecule has 1 unspecified atom stereocenters. The number of nitriles is 1. The average Bonchev–Trinajstić information content (AvgIpc) is 3.85. The van der Waals surface area contributed by atoms with Crippen molar-refractivity contribution < 1.29 is 32.8 Å². The standard InChI is InChI=1S/C44H54N7O8P/c1-28(2)41(52)48-43-47-40-39(42(53)49-43)46-27-50(40)38-25-36(59-60(57-24-12-23-45)51(29(3)4)30(5)6)37(58-38)26-56-44(31-13-10-9-11-14-31,32-15-19-34(54-7)20-16-32)33-17-21-35(55-8)22-18-33/h9-11,13-22,27-30,36-38H,12,24-26H2,1-8H3,(H2,47,48,49,52,53)/t36-,37+,38+,60?/m0/s1. The van der Waals surface area contributed by atoms with Crippen molar-refractivity contribution in [2.24, 2.45) is 5.92 Å². The number of carbonyl (C=O) groups is 1. The second-order valence-electron chi connectivity index (χ2n) is 15.3. The van der Waals surface area contributed by atoms with Gasteiger partial charge < -0.3 is 28.0 Å². The van der Waals surface area contributed by atoms with Crippen LogP contribution in [0.2, 0.25) is 0 Å². The van der Waals surface area contributed by atoms with Gasteiger partial charge in [-0.25, -0.2) is 9.65 Å². The highest BCUT2D eigenvalue weighted by Crippen LogP contribution is 2.51. The number of carbonyl (C=O) groups excluding carboxylic acids is 1. The largest absolute Gasteiger partial charge is 0.497 e. The van der Waals surface area contributed by atoms with E-state index in [0.717, 1.165) is 16.7 Å². The van der Waals surface area contributed by atoms with E-state index in [1.54, 1.807) is 32.6 Å². The molecule has 0 spiro atoms. The highest BCUT2D eigenvalue weighted by atomic mass is 31.2. The lowest BCUT2D eigenvalue weighted by Crippen LogP contribution is -2.39. The van der Waals surface area contributed by atoms with Crippen molar-refractivity contribution >= 4 is 31.5 Å². The van der Waals surface area contributed by atoms with Crippen molar-refractivity contribution in [1.29, 1.82) is 5.26 Å². The topological polar surface area (TPSA) is 175 Å². The van der Waals surface area contributed by atoms with Gasteiger partial charge in [-0.05, 0) is 68.7 Å². The minimum absolute atomic E-state index is 0.00387. The van der Waals surface area contributed by atoms with Gasteiger partial charge in [0.25, 0.3) is 14.1 Å². The van der Waals surface area contributed by atoms with E-state index in [-0.39, 0.29) is 60.7 Å². The molecule has 2 N–H and O–H groups in total. The number of benzene rings is 3. The summed E-state index contributed by atoms with van der Waals surface area (Å²) in [6.45, 7) is 12.0. The maximum atomic E-state index is 13.2. The fourth-order valence-corrected chi connectivity index (χ4v) is 9.04. The maximum absolute atomic E-state index is 13.2. The number of aromatic nitrogens is 4. The Balaban J connectivity index is 1.45. The summed E-state index contributed by atoms with van der Waals surface area (Å²) in [6.07, 6.45) is -0.0106. The van der Waals surface area contributed by atoms with Gasteiger partial charge >= 0.3 is 0 Å². The minimum Gasteiger partial charge on any atom is -0.497 e. The van der Waals surface area contributed by atoms with Crippen molar-refractivity contribution in [2.45, 2.75) is 90.5 Å². The molecule has 16 heteroatoms. The molecule has 0 bridgehead atoms. The highest BCUT2D eigenvalue weighted by Gasteiger charge is 2.45. The molecule has 1 fully saturated rings. The number of aromatic amines is 1. The van der Waals surface area contributed by atoms with Crippen LogP contribution in [0.25, 0.3) is 11.2 Å². The molecule has 1 amide bonds. The molecule has 318 valence electrons. The quantitative estimate of drug-likeness (QED) is 0.0472. The molecule has 3 aromatic carbocycles.